The fraction of sp³-hybridized carbons (Fsp3) is 0.423. The molecule has 0 saturated carbocycles. The number of hydrogen-bond acceptors (Lipinski definition) is 15. The maximum absolute atomic E-state index is 13.4. The monoisotopic (exact) mass is 633 g/mol. The molecule has 5 heterocycles. The number of nitrogen functional groups attached to an aromatic ring is 1. The Kier molecular flexibility index (Phi) is 7.55. The van der Waals surface area contributed by atoms with Gasteiger partial charge in [-0.3, -0.25) is 27.9 Å². The number of ether oxygens (including phenoxy) is 3. The van der Waals surface area contributed by atoms with Crippen molar-refractivity contribution in [2.24, 2.45) is 0 Å². The van der Waals surface area contributed by atoms with E-state index in [-0.39, 0.29) is 48.3 Å². The first-order valence-corrected chi connectivity index (χ1v) is 14.8. The van der Waals surface area contributed by atoms with Crippen molar-refractivity contribution in [3.05, 3.63) is 56.9 Å². The average molecular weight is 634 g/mol. The van der Waals surface area contributed by atoms with Crippen molar-refractivity contribution in [3.8, 4) is 5.75 Å². The quantitative estimate of drug-likeness (QED) is 0.149. The molecule has 0 amide bonds. The average Bonchev–Trinajstić information content (AvgIpc) is 3.50. The number of aliphatic hydroxyl groups is 1. The zero-order valence-corrected chi connectivity index (χ0v) is 24.5. The van der Waals surface area contributed by atoms with Crippen LogP contribution in [0.5, 0.6) is 5.75 Å². The number of rotatable bonds is 7. The number of H-pyrrole nitrogens is 1. The lowest BCUT2D eigenvalue weighted by Crippen LogP contribution is -2.39. The normalized spacial score (nSPS) is 25.3. The van der Waals surface area contributed by atoms with Gasteiger partial charge in [-0.15, -0.1) is 0 Å². The molecule has 44 heavy (non-hydrogen) atoms. The Morgan fingerprint density at radius 2 is 2.07 bits per heavy atom. The number of fused-ring (bicyclic) bond motifs is 3. The predicted molar refractivity (Wildman–Crippen MR) is 150 cm³/mol. The molecule has 3 aromatic heterocycles. The number of hydrogen-bond donors (Lipinski definition) is 3. The van der Waals surface area contributed by atoms with Crippen molar-refractivity contribution in [1.82, 2.24) is 19.5 Å². The van der Waals surface area contributed by atoms with E-state index >= 15 is 0 Å². The number of nitrogens with one attached hydrogen (secondary N) is 1. The van der Waals surface area contributed by atoms with E-state index in [9.17, 15) is 24.1 Å². The topological polar surface area (TPSA) is 230 Å². The summed E-state index contributed by atoms with van der Waals surface area (Å²) in [5.41, 5.74) is 4.19. The van der Waals surface area contributed by atoms with E-state index in [1.807, 2.05) is 0 Å². The summed E-state index contributed by atoms with van der Waals surface area (Å²) in [4.78, 5) is 46.8. The first-order chi connectivity index (χ1) is 20.8. The molecule has 2 fully saturated rings. The van der Waals surface area contributed by atoms with Crippen LogP contribution in [0.2, 0.25) is 0 Å². The van der Waals surface area contributed by atoms with Gasteiger partial charge in [0.1, 0.15) is 35.2 Å². The number of nitrogens with zero attached hydrogens (tertiary/aromatic N) is 3. The van der Waals surface area contributed by atoms with E-state index in [4.69, 9.17) is 37.9 Å². The second kappa shape index (κ2) is 11.1. The second-order valence-electron chi connectivity index (χ2n) is 11.0. The van der Waals surface area contributed by atoms with Gasteiger partial charge in [-0.2, -0.15) is 4.98 Å². The number of benzene rings is 1. The molecule has 234 valence electrons. The van der Waals surface area contributed by atoms with Gasteiger partial charge in [-0.25, -0.2) is 19.1 Å². The highest BCUT2D eigenvalue weighted by molar-refractivity contribution is 7.48. The first kappa shape index (κ1) is 29.9. The number of aliphatic hydroxyl groups excluding tert-OH is 1. The lowest BCUT2D eigenvalue weighted by atomic mass is 10.1. The third-order valence-corrected chi connectivity index (χ3v) is 8.05. The molecule has 4 N–H and O–H groups in total. The van der Waals surface area contributed by atoms with Crippen LogP contribution in [0.1, 0.15) is 32.6 Å². The highest BCUT2D eigenvalue weighted by Gasteiger charge is 2.53. The Labute approximate surface area is 247 Å². The van der Waals surface area contributed by atoms with E-state index in [0.717, 1.165) is 6.07 Å². The van der Waals surface area contributed by atoms with Gasteiger partial charge >= 0.3 is 19.4 Å². The molecule has 2 saturated heterocycles. The van der Waals surface area contributed by atoms with Crippen LogP contribution in [0.4, 0.5) is 5.95 Å². The molecular formula is C26H28N5O12P. The molecule has 0 radical (unpaired) electrons. The number of carbonyl (C=O) groups excluding carboxylic acids is 1. The summed E-state index contributed by atoms with van der Waals surface area (Å²) in [6.45, 7) is 4.21. The Morgan fingerprint density at radius 3 is 2.84 bits per heavy atom. The van der Waals surface area contributed by atoms with Crippen molar-refractivity contribution >= 4 is 41.9 Å². The van der Waals surface area contributed by atoms with Crippen molar-refractivity contribution in [1.29, 1.82) is 0 Å². The Hall–Kier alpha value is -4.12. The Bertz CT molecular complexity index is 1910. The van der Waals surface area contributed by atoms with Gasteiger partial charge < -0.3 is 29.5 Å². The highest BCUT2D eigenvalue weighted by atomic mass is 31.2. The van der Waals surface area contributed by atoms with Crippen LogP contribution in [0.25, 0.3) is 22.1 Å². The summed E-state index contributed by atoms with van der Waals surface area (Å²) in [5, 5.41) is 11.5. The molecule has 2 aliphatic rings. The SMILES string of the molecule is CC(C)(C)OC(=O)COc1ccc2c(COP3(=O)OC[C@H]4O[C@@H](n5cnc6c(=O)[nH]c(N)nc65)[C@H](O)[C@@H]4O3)cc(=O)oc2c1. The van der Waals surface area contributed by atoms with Gasteiger partial charge in [0.05, 0.1) is 19.5 Å². The van der Waals surface area contributed by atoms with Gasteiger partial charge in [0, 0.05) is 17.5 Å². The van der Waals surface area contributed by atoms with Crippen LogP contribution >= 0.6 is 7.82 Å². The smallest absolute Gasteiger partial charge is 0.475 e. The van der Waals surface area contributed by atoms with Crippen molar-refractivity contribution < 1.29 is 46.7 Å². The van der Waals surface area contributed by atoms with Gasteiger partial charge in [0.25, 0.3) is 5.56 Å². The van der Waals surface area contributed by atoms with Crippen molar-refractivity contribution in [3.63, 3.8) is 0 Å². The number of nitrogens with two attached hydrogens (primary N) is 1. The largest absolute Gasteiger partial charge is 0.482 e. The van der Waals surface area contributed by atoms with Crippen LogP contribution in [-0.2, 0) is 39.0 Å². The van der Waals surface area contributed by atoms with Crippen molar-refractivity contribution in [2.45, 2.75) is 57.5 Å². The number of aromatic nitrogens is 4. The fourth-order valence-corrected chi connectivity index (χ4v) is 6.22. The van der Waals surface area contributed by atoms with Gasteiger partial charge in [-0.1, -0.05) is 0 Å². The Balaban J connectivity index is 1.15. The number of phosphoric acid groups is 1. The molecule has 5 atom stereocenters. The maximum atomic E-state index is 13.4. The van der Waals surface area contributed by atoms with Crippen LogP contribution in [0.3, 0.4) is 0 Å². The van der Waals surface area contributed by atoms with Gasteiger partial charge in [-0.05, 0) is 38.5 Å². The summed E-state index contributed by atoms with van der Waals surface area (Å²) < 4.78 is 53.1. The molecule has 6 rings (SSSR count). The molecule has 18 heteroatoms. The zero-order valence-electron chi connectivity index (χ0n) is 23.6. The van der Waals surface area contributed by atoms with E-state index in [1.165, 1.54) is 17.0 Å². The highest BCUT2D eigenvalue weighted by Crippen LogP contribution is 2.57. The maximum Gasteiger partial charge on any atom is 0.475 e. The number of imidazole rings is 1. The minimum atomic E-state index is -4.26. The van der Waals surface area contributed by atoms with Crippen LogP contribution < -0.4 is 21.7 Å². The number of phosphoric ester groups is 1. The number of aromatic amines is 1. The molecule has 1 unspecified atom stereocenters. The standard InChI is InChI=1S/C26H28N5O12P/c1-26(2,3)42-18(33)10-37-13-4-5-14-12(6-17(32)40-15(14)7-13)8-38-44(36)39-9-16-21(43-44)20(34)24(41-16)31-11-28-19-22(31)29-25(27)30-23(19)35/h4-7,11,16,20-21,24,34H,8-10H2,1-3H3,(H3,27,29,30,35)/t16-,20-,21-,24-,44?/m1/s1. The van der Waals surface area contributed by atoms with Crippen LogP contribution in [0.15, 0.2) is 44.6 Å². The van der Waals surface area contributed by atoms with Gasteiger partial charge in [0.15, 0.2) is 24.0 Å². The lowest BCUT2D eigenvalue weighted by molar-refractivity contribution is -0.157. The van der Waals surface area contributed by atoms with E-state index in [2.05, 4.69) is 15.0 Å². The molecule has 4 aromatic rings. The molecule has 0 aliphatic carbocycles. The predicted octanol–water partition coefficient (Wildman–Crippen LogP) is 1.53. The first-order valence-electron chi connectivity index (χ1n) is 13.3. The third kappa shape index (κ3) is 5.97. The lowest BCUT2D eigenvalue weighted by Gasteiger charge is -2.30. The summed E-state index contributed by atoms with van der Waals surface area (Å²) in [5.74, 6) is -0.473. The van der Waals surface area contributed by atoms with E-state index in [0.29, 0.717) is 10.9 Å². The molecule has 2 aliphatic heterocycles. The summed E-state index contributed by atoms with van der Waals surface area (Å²) in [6, 6.07) is 5.72. The number of anilines is 1. The summed E-state index contributed by atoms with van der Waals surface area (Å²) >= 11 is 0. The number of carbonyl (C=O) groups is 1. The number of esters is 1. The molecule has 0 spiro atoms. The second-order valence-corrected chi connectivity index (χ2v) is 12.7. The van der Waals surface area contributed by atoms with Crippen LogP contribution in [0, 0.1) is 0 Å². The van der Waals surface area contributed by atoms with E-state index < -0.39 is 55.1 Å². The zero-order chi connectivity index (χ0) is 31.4. The molecule has 17 nitrogen and oxygen atoms in total. The molecular weight excluding hydrogens is 605 g/mol. The van der Waals surface area contributed by atoms with E-state index in [1.54, 1.807) is 32.9 Å². The van der Waals surface area contributed by atoms with Crippen LogP contribution in [-0.4, -0.2) is 67.7 Å². The molecule has 0 bridgehead atoms. The van der Waals surface area contributed by atoms with Gasteiger partial charge in [0.2, 0.25) is 5.95 Å². The summed E-state index contributed by atoms with van der Waals surface area (Å²) in [6.07, 6.45) is -3.23. The minimum Gasteiger partial charge on any atom is -0.482 e. The van der Waals surface area contributed by atoms with Crippen molar-refractivity contribution in [2.75, 3.05) is 18.9 Å². The Morgan fingerprint density at radius 1 is 1.27 bits per heavy atom. The summed E-state index contributed by atoms with van der Waals surface area (Å²) in [7, 11) is -4.26. The third-order valence-electron chi connectivity index (χ3n) is 6.64. The fourth-order valence-electron chi connectivity index (χ4n) is 4.84. The molecule has 1 aromatic carbocycles. The minimum absolute atomic E-state index is 0.0164.